The van der Waals surface area contributed by atoms with Crippen molar-refractivity contribution in [3.05, 3.63) is 69.4 Å². The molecule has 3 heterocycles. The fraction of sp³-hybridized carbons (Fsp3) is 0.304. The molecule has 1 unspecified atom stereocenters. The minimum atomic E-state index is -0.722. The van der Waals surface area contributed by atoms with E-state index < -0.39 is 17.2 Å². The van der Waals surface area contributed by atoms with Gasteiger partial charge in [0.25, 0.3) is 0 Å². The van der Waals surface area contributed by atoms with Crippen LogP contribution in [0.15, 0.2) is 46.2 Å². The number of piperazine rings is 1. The first-order chi connectivity index (χ1) is 15.5. The first-order valence-electron chi connectivity index (χ1n) is 10.5. The van der Waals surface area contributed by atoms with Gasteiger partial charge in [-0.2, -0.15) is 0 Å². The van der Waals surface area contributed by atoms with Crippen LogP contribution in [0.1, 0.15) is 28.2 Å². The highest BCUT2D eigenvalue weighted by molar-refractivity contribution is 8.00. The highest BCUT2D eigenvalue weighted by atomic mass is 32.2. The Morgan fingerprint density at radius 3 is 2.59 bits per heavy atom. The van der Waals surface area contributed by atoms with Gasteiger partial charge >= 0.3 is 5.97 Å². The van der Waals surface area contributed by atoms with E-state index in [0.717, 1.165) is 18.7 Å². The lowest BCUT2D eigenvalue weighted by molar-refractivity contribution is 0.0518. The Bertz CT molecular complexity index is 1270. The van der Waals surface area contributed by atoms with Gasteiger partial charge in [-0.25, -0.2) is 13.6 Å². The van der Waals surface area contributed by atoms with Crippen LogP contribution in [0.4, 0.5) is 14.5 Å². The fourth-order valence-corrected chi connectivity index (χ4v) is 5.51. The molecule has 5 rings (SSSR count). The lowest BCUT2D eigenvalue weighted by Gasteiger charge is -2.36. The number of nitrogens with zero attached hydrogens (tertiary/aromatic N) is 2. The number of anilines is 1. The molecule has 0 amide bonds. The molecule has 1 saturated heterocycles. The highest BCUT2D eigenvalue weighted by Gasteiger charge is 2.37. The van der Waals surface area contributed by atoms with E-state index in [9.17, 15) is 14.0 Å². The van der Waals surface area contributed by atoms with Gasteiger partial charge in [-0.15, -0.1) is 0 Å². The van der Waals surface area contributed by atoms with Crippen molar-refractivity contribution in [2.24, 2.45) is 0 Å². The van der Waals surface area contributed by atoms with E-state index in [0.29, 0.717) is 29.3 Å². The van der Waals surface area contributed by atoms with E-state index in [2.05, 4.69) is 5.32 Å². The number of carbonyl (C=O) groups is 1. The van der Waals surface area contributed by atoms with Crippen molar-refractivity contribution in [2.75, 3.05) is 37.7 Å². The number of hydrogen-bond donors (Lipinski definition) is 1. The van der Waals surface area contributed by atoms with Gasteiger partial charge in [0, 0.05) is 31.6 Å². The molecule has 2 aromatic carbocycles. The average Bonchev–Trinajstić information content (AvgIpc) is 2.77. The number of aromatic nitrogens is 1. The average molecular weight is 458 g/mol. The van der Waals surface area contributed by atoms with Gasteiger partial charge in [0.1, 0.15) is 22.6 Å². The molecule has 9 heteroatoms. The zero-order valence-electron chi connectivity index (χ0n) is 17.4. The zero-order chi connectivity index (χ0) is 22.4. The molecule has 0 aliphatic carbocycles. The lowest BCUT2D eigenvalue weighted by Crippen LogP contribution is -2.44. The van der Waals surface area contributed by atoms with E-state index in [-0.39, 0.29) is 28.7 Å². The SMILES string of the molecule is CCOC(=O)c1c2n(c3cc(N4CCNCC4)c(F)cc3c1=O)C(c1ccc(F)cc1)S2. The van der Waals surface area contributed by atoms with Gasteiger partial charge in [-0.1, -0.05) is 23.9 Å². The highest BCUT2D eigenvalue weighted by Crippen LogP contribution is 2.50. The molecule has 1 N–H and O–H groups in total. The van der Waals surface area contributed by atoms with Crippen LogP contribution < -0.4 is 15.6 Å². The Balaban J connectivity index is 1.74. The van der Waals surface area contributed by atoms with Crippen LogP contribution in [0.25, 0.3) is 10.9 Å². The molecular formula is C23H21F2N3O3S. The maximum atomic E-state index is 15.1. The summed E-state index contributed by atoms with van der Waals surface area (Å²) < 4.78 is 35.5. The largest absolute Gasteiger partial charge is 0.462 e. The van der Waals surface area contributed by atoms with E-state index in [4.69, 9.17) is 4.74 Å². The summed E-state index contributed by atoms with van der Waals surface area (Å²) in [6, 6.07) is 8.99. The van der Waals surface area contributed by atoms with E-state index in [1.54, 1.807) is 25.1 Å². The quantitative estimate of drug-likeness (QED) is 0.605. The van der Waals surface area contributed by atoms with Gasteiger partial charge in [-0.3, -0.25) is 4.79 Å². The van der Waals surface area contributed by atoms with Crippen LogP contribution in [0, 0.1) is 11.6 Å². The standard InChI is InChI=1S/C23H21F2N3O3S/c1-2-31-23(30)19-20(29)15-11-16(25)18(27-9-7-26-8-10-27)12-17(15)28-21(32-22(19)28)13-3-5-14(24)6-4-13/h3-6,11-12,21,26H,2,7-10H2,1H3. The zero-order valence-corrected chi connectivity index (χ0v) is 18.2. The molecule has 0 radical (unpaired) electrons. The monoisotopic (exact) mass is 457 g/mol. The summed E-state index contributed by atoms with van der Waals surface area (Å²) in [6.07, 6.45) is 0. The Morgan fingerprint density at radius 2 is 1.91 bits per heavy atom. The second-order valence-corrected chi connectivity index (χ2v) is 8.75. The molecule has 1 fully saturated rings. The van der Waals surface area contributed by atoms with Crippen molar-refractivity contribution in [1.29, 1.82) is 0 Å². The number of carbonyl (C=O) groups excluding carboxylic acids is 1. The van der Waals surface area contributed by atoms with Crippen LogP contribution in [-0.4, -0.2) is 43.3 Å². The maximum absolute atomic E-state index is 15.1. The molecule has 2 aliphatic heterocycles. The Morgan fingerprint density at radius 1 is 1.19 bits per heavy atom. The summed E-state index contributed by atoms with van der Waals surface area (Å²) in [5.74, 6) is -1.57. The summed E-state index contributed by atoms with van der Waals surface area (Å²) in [5, 5.41) is 3.57. The third-order valence-corrected chi connectivity index (χ3v) is 7.11. The molecule has 0 saturated carbocycles. The molecule has 1 atom stereocenters. The van der Waals surface area contributed by atoms with Crippen LogP contribution in [0.3, 0.4) is 0 Å². The van der Waals surface area contributed by atoms with Gasteiger partial charge in [0.05, 0.1) is 22.8 Å². The maximum Gasteiger partial charge on any atom is 0.344 e. The summed E-state index contributed by atoms with van der Waals surface area (Å²) in [6.45, 7) is 4.57. The molecule has 0 bridgehead atoms. The van der Waals surface area contributed by atoms with Crippen molar-refractivity contribution in [2.45, 2.75) is 17.3 Å². The van der Waals surface area contributed by atoms with Crippen LogP contribution in [0.5, 0.6) is 0 Å². The van der Waals surface area contributed by atoms with Crippen molar-refractivity contribution in [3.63, 3.8) is 0 Å². The van der Waals surface area contributed by atoms with E-state index in [1.165, 1.54) is 30.0 Å². The Hall–Kier alpha value is -2.91. The Kier molecular flexibility index (Phi) is 5.38. The number of rotatable bonds is 4. The molecule has 0 spiro atoms. The number of fused-ring (bicyclic) bond motifs is 3. The van der Waals surface area contributed by atoms with E-state index >= 15 is 4.39 Å². The number of esters is 1. The topological polar surface area (TPSA) is 63.6 Å². The van der Waals surface area contributed by atoms with Gasteiger partial charge < -0.3 is 19.5 Å². The summed E-state index contributed by atoms with van der Waals surface area (Å²) >= 11 is 1.34. The second-order valence-electron chi connectivity index (χ2n) is 7.68. The molecule has 6 nitrogen and oxygen atoms in total. The molecule has 2 aliphatic rings. The van der Waals surface area contributed by atoms with Crippen molar-refractivity contribution < 1.29 is 18.3 Å². The predicted molar refractivity (Wildman–Crippen MR) is 120 cm³/mol. The first kappa shape index (κ1) is 21.0. The van der Waals surface area contributed by atoms with Gasteiger partial charge in [-0.05, 0) is 36.8 Å². The molecule has 166 valence electrons. The molecule has 3 aromatic rings. The van der Waals surface area contributed by atoms with Gasteiger partial charge in [0.2, 0.25) is 5.43 Å². The predicted octanol–water partition coefficient (Wildman–Crippen LogP) is 3.52. The van der Waals surface area contributed by atoms with Crippen LogP contribution in [-0.2, 0) is 4.74 Å². The molecule has 1 aromatic heterocycles. The molecule has 32 heavy (non-hydrogen) atoms. The number of ether oxygens (including phenoxy) is 1. The number of pyridine rings is 1. The second kappa shape index (κ2) is 8.22. The smallest absolute Gasteiger partial charge is 0.344 e. The van der Waals surface area contributed by atoms with Gasteiger partial charge in [0.15, 0.2) is 0 Å². The third kappa shape index (κ3) is 3.36. The normalized spacial score (nSPS) is 17.7. The fourth-order valence-electron chi connectivity index (χ4n) is 4.23. The van der Waals surface area contributed by atoms with Crippen LogP contribution >= 0.6 is 11.8 Å². The van der Waals surface area contributed by atoms with Crippen LogP contribution in [0.2, 0.25) is 0 Å². The van der Waals surface area contributed by atoms with Crippen molar-refractivity contribution in [3.8, 4) is 0 Å². The third-order valence-electron chi connectivity index (χ3n) is 5.78. The minimum absolute atomic E-state index is 0.0861. The number of thioether (sulfide) groups is 1. The number of hydrogen-bond acceptors (Lipinski definition) is 6. The number of benzene rings is 2. The van der Waals surface area contributed by atoms with E-state index in [1.807, 2.05) is 9.47 Å². The number of halogens is 2. The van der Waals surface area contributed by atoms with Crippen molar-refractivity contribution >= 4 is 34.3 Å². The summed E-state index contributed by atoms with van der Waals surface area (Å²) in [5.41, 5.74) is 1.15. The van der Waals surface area contributed by atoms with Crippen molar-refractivity contribution in [1.82, 2.24) is 9.88 Å². The summed E-state index contributed by atoms with van der Waals surface area (Å²) in [7, 11) is 0. The lowest BCUT2D eigenvalue weighted by atomic mass is 10.1. The summed E-state index contributed by atoms with van der Waals surface area (Å²) in [4.78, 5) is 27.8. The molecular weight excluding hydrogens is 436 g/mol. The minimum Gasteiger partial charge on any atom is -0.462 e. The first-order valence-corrected chi connectivity index (χ1v) is 11.3. The number of nitrogens with one attached hydrogen (secondary N) is 1. The Labute approximate surface area is 187 Å².